The lowest BCUT2D eigenvalue weighted by Gasteiger charge is -2.32. The molecule has 2 rings (SSSR count). The van der Waals surface area contributed by atoms with Crippen LogP contribution >= 0.6 is 0 Å². The molecule has 0 bridgehead atoms. The SMILES string of the molecule is CC(C)(C)c1ccc(OC2CCCN(CCCF)C2)cc1. The molecule has 1 saturated heterocycles. The van der Waals surface area contributed by atoms with Gasteiger partial charge in [-0.2, -0.15) is 0 Å². The van der Waals surface area contributed by atoms with Crippen molar-refractivity contribution in [1.29, 1.82) is 0 Å². The maximum atomic E-state index is 12.3. The zero-order valence-electron chi connectivity index (χ0n) is 13.6. The van der Waals surface area contributed by atoms with Gasteiger partial charge in [0.15, 0.2) is 0 Å². The molecular formula is C18H28FNO. The van der Waals surface area contributed by atoms with Gasteiger partial charge in [-0.3, -0.25) is 9.29 Å². The Morgan fingerprint density at radius 3 is 2.57 bits per heavy atom. The van der Waals surface area contributed by atoms with Gasteiger partial charge in [0.25, 0.3) is 0 Å². The Balaban J connectivity index is 1.89. The van der Waals surface area contributed by atoms with E-state index in [-0.39, 0.29) is 18.2 Å². The Bertz CT molecular complexity index is 424. The van der Waals surface area contributed by atoms with Crippen molar-refractivity contribution in [3.63, 3.8) is 0 Å². The van der Waals surface area contributed by atoms with Crippen LogP contribution in [0.4, 0.5) is 4.39 Å². The maximum absolute atomic E-state index is 12.3. The number of piperidine rings is 1. The summed E-state index contributed by atoms with van der Waals surface area (Å²) in [4.78, 5) is 2.32. The number of nitrogens with zero attached hydrogens (tertiary/aromatic N) is 1. The van der Waals surface area contributed by atoms with Gasteiger partial charge in [-0.15, -0.1) is 0 Å². The van der Waals surface area contributed by atoms with Crippen molar-refractivity contribution in [1.82, 2.24) is 4.90 Å². The molecule has 1 aromatic carbocycles. The van der Waals surface area contributed by atoms with Crippen molar-refractivity contribution in [2.45, 2.75) is 51.6 Å². The second-order valence-electron chi connectivity index (χ2n) is 7.00. The summed E-state index contributed by atoms with van der Waals surface area (Å²) in [6, 6.07) is 8.44. The second kappa shape index (κ2) is 7.26. The quantitative estimate of drug-likeness (QED) is 0.807. The summed E-state index contributed by atoms with van der Waals surface area (Å²) < 4.78 is 18.4. The minimum absolute atomic E-state index is 0.173. The highest BCUT2D eigenvalue weighted by Crippen LogP contribution is 2.25. The highest BCUT2D eigenvalue weighted by Gasteiger charge is 2.21. The van der Waals surface area contributed by atoms with Crippen LogP contribution in [0, 0.1) is 0 Å². The van der Waals surface area contributed by atoms with E-state index in [0.717, 1.165) is 38.2 Å². The second-order valence-corrected chi connectivity index (χ2v) is 7.00. The average molecular weight is 293 g/mol. The smallest absolute Gasteiger partial charge is 0.119 e. The van der Waals surface area contributed by atoms with E-state index >= 15 is 0 Å². The number of hydrogen-bond donors (Lipinski definition) is 0. The molecule has 0 saturated carbocycles. The van der Waals surface area contributed by atoms with Gasteiger partial charge in [0.2, 0.25) is 0 Å². The van der Waals surface area contributed by atoms with Crippen LogP contribution in [-0.2, 0) is 5.41 Å². The summed E-state index contributed by atoms with van der Waals surface area (Å²) in [7, 11) is 0. The van der Waals surface area contributed by atoms with Crippen molar-refractivity contribution in [3.8, 4) is 5.75 Å². The molecule has 0 amide bonds. The molecule has 0 N–H and O–H groups in total. The van der Waals surface area contributed by atoms with Crippen LogP contribution in [0.3, 0.4) is 0 Å². The Morgan fingerprint density at radius 2 is 1.95 bits per heavy atom. The fourth-order valence-corrected chi connectivity index (χ4v) is 2.82. The fraction of sp³-hybridized carbons (Fsp3) is 0.667. The monoisotopic (exact) mass is 293 g/mol. The van der Waals surface area contributed by atoms with Crippen molar-refractivity contribution in [3.05, 3.63) is 29.8 Å². The molecule has 1 aromatic rings. The summed E-state index contributed by atoms with van der Waals surface area (Å²) in [5.74, 6) is 0.945. The number of benzene rings is 1. The third-order valence-corrected chi connectivity index (χ3v) is 4.09. The van der Waals surface area contributed by atoms with Crippen molar-refractivity contribution >= 4 is 0 Å². The average Bonchev–Trinajstić information content (AvgIpc) is 2.45. The molecule has 1 fully saturated rings. The molecule has 1 unspecified atom stereocenters. The van der Waals surface area contributed by atoms with Crippen LogP contribution in [0.2, 0.25) is 0 Å². The van der Waals surface area contributed by atoms with E-state index in [1.165, 1.54) is 5.56 Å². The first-order chi connectivity index (χ1) is 9.99. The van der Waals surface area contributed by atoms with E-state index < -0.39 is 0 Å². The standard InChI is InChI=1S/C18H28FNO/c1-18(2,3)15-7-9-16(10-8-15)21-17-6-4-12-20(14-17)13-5-11-19/h7-10,17H,4-6,11-14H2,1-3H3. The third-order valence-electron chi connectivity index (χ3n) is 4.09. The Hall–Kier alpha value is -1.09. The van der Waals surface area contributed by atoms with Crippen molar-refractivity contribution < 1.29 is 9.13 Å². The van der Waals surface area contributed by atoms with Gasteiger partial charge in [0, 0.05) is 13.1 Å². The highest BCUT2D eigenvalue weighted by molar-refractivity contribution is 5.31. The number of likely N-dealkylation sites (tertiary alicyclic amines) is 1. The van der Waals surface area contributed by atoms with Crippen LogP contribution in [-0.4, -0.2) is 37.3 Å². The zero-order valence-corrected chi connectivity index (χ0v) is 13.6. The van der Waals surface area contributed by atoms with Gasteiger partial charge in [-0.25, -0.2) is 0 Å². The molecule has 0 aliphatic carbocycles. The predicted molar refractivity (Wildman–Crippen MR) is 85.8 cm³/mol. The molecule has 118 valence electrons. The van der Waals surface area contributed by atoms with Gasteiger partial charge in [0.1, 0.15) is 11.9 Å². The van der Waals surface area contributed by atoms with E-state index in [9.17, 15) is 4.39 Å². The van der Waals surface area contributed by atoms with Crippen LogP contribution in [0.5, 0.6) is 5.75 Å². The minimum atomic E-state index is -0.226. The molecule has 0 spiro atoms. The lowest BCUT2D eigenvalue weighted by molar-refractivity contribution is 0.0866. The molecule has 21 heavy (non-hydrogen) atoms. The molecule has 1 aliphatic rings. The third kappa shape index (κ3) is 4.99. The molecular weight excluding hydrogens is 265 g/mol. The maximum Gasteiger partial charge on any atom is 0.119 e. The molecule has 0 radical (unpaired) electrons. The van der Waals surface area contributed by atoms with Crippen molar-refractivity contribution in [2.75, 3.05) is 26.3 Å². The van der Waals surface area contributed by atoms with Gasteiger partial charge < -0.3 is 4.74 Å². The molecule has 1 heterocycles. The Kier molecular flexibility index (Phi) is 5.63. The van der Waals surface area contributed by atoms with Gasteiger partial charge in [-0.1, -0.05) is 32.9 Å². The Morgan fingerprint density at radius 1 is 1.24 bits per heavy atom. The molecule has 3 heteroatoms. The lowest BCUT2D eigenvalue weighted by atomic mass is 9.87. The van der Waals surface area contributed by atoms with E-state index in [2.05, 4.69) is 49.9 Å². The van der Waals surface area contributed by atoms with Gasteiger partial charge in [0.05, 0.1) is 6.67 Å². The van der Waals surface area contributed by atoms with E-state index in [1.807, 2.05) is 0 Å². The minimum Gasteiger partial charge on any atom is -0.489 e. The number of alkyl halides is 1. The summed E-state index contributed by atoms with van der Waals surface area (Å²) in [5, 5.41) is 0. The van der Waals surface area contributed by atoms with Crippen LogP contribution < -0.4 is 4.74 Å². The van der Waals surface area contributed by atoms with Crippen LogP contribution in [0.25, 0.3) is 0 Å². The molecule has 2 nitrogen and oxygen atoms in total. The summed E-state index contributed by atoms with van der Waals surface area (Å²) in [5.41, 5.74) is 1.50. The first-order valence-corrected chi connectivity index (χ1v) is 8.04. The van der Waals surface area contributed by atoms with Crippen LogP contribution in [0.1, 0.15) is 45.6 Å². The van der Waals surface area contributed by atoms with Gasteiger partial charge >= 0.3 is 0 Å². The largest absolute Gasteiger partial charge is 0.489 e. The van der Waals surface area contributed by atoms with E-state index in [4.69, 9.17) is 4.74 Å². The topological polar surface area (TPSA) is 12.5 Å². The number of hydrogen-bond acceptors (Lipinski definition) is 2. The lowest BCUT2D eigenvalue weighted by Crippen LogP contribution is -2.41. The summed E-state index contributed by atoms with van der Waals surface area (Å²) >= 11 is 0. The first kappa shape index (κ1) is 16.3. The predicted octanol–water partition coefficient (Wildman–Crippen LogP) is 4.19. The summed E-state index contributed by atoms with van der Waals surface area (Å²) in [6.07, 6.45) is 3.09. The summed E-state index contributed by atoms with van der Waals surface area (Å²) in [6.45, 7) is 9.26. The first-order valence-electron chi connectivity index (χ1n) is 8.04. The number of rotatable bonds is 5. The normalized spacial score (nSPS) is 20.5. The Labute approximate surface area is 128 Å². The van der Waals surface area contributed by atoms with Gasteiger partial charge in [-0.05, 0) is 48.9 Å². The van der Waals surface area contributed by atoms with E-state index in [1.54, 1.807) is 0 Å². The molecule has 1 aliphatic heterocycles. The molecule has 1 atom stereocenters. The highest BCUT2D eigenvalue weighted by atomic mass is 19.1. The fourth-order valence-electron chi connectivity index (χ4n) is 2.82. The van der Waals surface area contributed by atoms with Crippen LogP contribution in [0.15, 0.2) is 24.3 Å². The number of ether oxygens (including phenoxy) is 1. The van der Waals surface area contributed by atoms with E-state index in [0.29, 0.717) is 6.42 Å². The zero-order chi connectivity index (χ0) is 15.3. The number of halogens is 1. The van der Waals surface area contributed by atoms with Crippen molar-refractivity contribution in [2.24, 2.45) is 0 Å². The molecule has 0 aromatic heterocycles.